The molecule has 0 radical (unpaired) electrons. The zero-order chi connectivity index (χ0) is 17.8. The van der Waals surface area contributed by atoms with Crippen LogP contribution in [0.25, 0.3) is 0 Å². The number of rotatable bonds is 5. The van der Waals surface area contributed by atoms with Crippen LogP contribution in [0, 0.1) is 11.8 Å². The molecule has 1 aliphatic carbocycles. The quantitative estimate of drug-likeness (QED) is 0.876. The number of pyridine rings is 1. The Kier molecular flexibility index (Phi) is 5.19. The summed E-state index contributed by atoms with van der Waals surface area (Å²) in [5.41, 5.74) is 2.60. The molecular weight excluding hydrogens is 322 g/mol. The van der Waals surface area contributed by atoms with Crippen molar-refractivity contribution in [1.82, 2.24) is 4.98 Å². The van der Waals surface area contributed by atoms with Gasteiger partial charge in [0, 0.05) is 19.0 Å². The van der Waals surface area contributed by atoms with Crippen molar-refractivity contribution in [2.45, 2.75) is 38.5 Å². The van der Waals surface area contributed by atoms with E-state index in [-0.39, 0.29) is 11.8 Å². The van der Waals surface area contributed by atoms with Crippen molar-refractivity contribution in [3.8, 4) is 0 Å². The predicted molar refractivity (Wildman–Crippen MR) is 105 cm³/mol. The van der Waals surface area contributed by atoms with Crippen molar-refractivity contribution >= 4 is 17.4 Å². The highest BCUT2D eigenvalue weighted by molar-refractivity contribution is 5.92. The van der Waals surface area contributed by atoms with Crippen LogP contribution in [0.4, 0.5) is 11.5 Å². The summed E-state index contributed by atoms with van der Waals surface area (Å²) < 4.78 is 0. The van der Waals surface area contributed by atoms with Gasteiger partial charge in [0.25, 0.3) is 0 Å². The van der Waals surface area contributed by atoms with Gasteiger partial charge in [-0.05, 0) is 55.7 Å². The zero-order valence-electron chi connectivity index (χ0n) is 15.2. The average molecular weight is 349 g/mol. The van der Waals surface area contributed by atoms with Crippen LogP contribution in [0.1, 0.15) is 37.7 Å². The summed E-state index contributed by atoms with van der Waals surface area (Å²) in [4.78, 5) is 18.9. The minimum atomic E-state index is 0.123. The lowest BCUT2D eigenvalue weighted by Gasteiger charge is -2.33. The topological polar surface area (TPSA) is 45.2 Å². The third-order valence-electron chi connectivity index (χ3n) is 5.82. The number of nitrogens with one attached hydrogen (secondary N) is 1. The van der Waals surface area contributed by atoms with Gasteiger partial charge in [0.1, 0.15) is 5.82 Å². The number of carbonyl (C=O) groups is 1. The Labute approximate surface area is 155 Å². The third-order valence-corrected chi connectivity index (χ3v) is 5.82. The molecule has 1 amide bonds. The molecule has 1 aliphatic heterocycles. The Balaban J connectivity index is 1.28. The lowest BCUT2D eigenvalue weighted by molar-refractivity contribution is -0.122. The highest BCUT2D eigenvalue weighted by Crippen LogP contribution is 2.28. The average Bonchev–Trinajstić information content (AvgIpc) is 2.62. The van der Waals surface area contributed by atoms with E-state index in [1.54, 1.807) is 0 Å². The monoisotopic (exact) mass is 349 g/mol. The first kappa shape index (κ1) is 17.1. The first-order valence-corrected chi connectivity index (χ1v) is 9.84. The van der Waals surface area contributed by atoms with Crippen LogP contribution in [0.5, 0.6) is 0 Å². The molecule has 4 heteroatoms. The van der Waals surface area contributed by atoms with Gasteiger partial charge >= 0.3 is 0 Å². The Morgan fingerprint density at radius 1 is 1.04 bits per heavy atom. The number of aromatic nitrogens is 1. The van der Waals surface area contributed by atoms with Crippen molar-refractivity contribution < 1.29 is 4.79 Å². The molecule has 1 N–H and O–H groups in total. The molecule has 1 aromatic heterocycles. The highest BCUT2D eigenvalue weighted by Gasteiger charge is 2.25. The fourth-order valence-corrected chi connectivity index (χ4v) is 3.89. The molecule has 2 fully saturated rings. The van der Waals surface area contributed by atoms with Gasteiger partial charge in [-0.15, -0.1) is 0 Å². The van der Waals surface area contributed by atoms with Gasteiger partial charge in [-0.2, -0.15) is 0 Å². The van der Waals surface area contributed by atoms with E-state index in [0.29, 0.717) is 5.82 Å². The van der Waals surface area contributed by atoms with E-state index in [4.69, 9.17) is 0 Å². The van der Waals surface area contributed by atoms with Gasteiger partial charge in [0.2, 0.25) is 5.91 Å². The molecule has 136 valence electrons. The molecule has 4 rings (SSSR count). The summed E-state index contributed by atoms with van der Waals surface area (Å²) >= 11 is 0. The maximum Gasteiger partial charge on any atom is 0.228 e. The Hall–Kier alpha value is -2.36. The molecule has 2 aliphatic rings. The molecule has 4 nitrogen and oxygen atoms in total. The molecule has 1 aromatic carbocycles. The molecule has 1 saturated heterocycles. The zero-order valence-corrected chi connectivity index (χ0v) is 15.2. The summed E-state index contributed by atoms with van der Waals surface area (Å²) in [6, 6.07) is 14.8. The number of hydrogen-bond donors (Lipinski definition) is 1. The van der Waals surface area contributed by atoms with Crippen molar-refractivity contribution in [2.75, 3.05) is 23.3 Å². The molecule has 0 bridgehead atoms. The number of carbonyl (C=O) groups excluding carboxylic acids is 1. The normalized spacial score (nSPS) is 18.4. The SMILES string of the molecule is O=C(Nc1ccc(N2CCC(Cc3ccccc3)CC2)cn1)C1CCC1. The maximum atomic E-state index is 12.0. The smallest absolute Gasteiger partial charge is 0.228 e. The summed E-state index contributed by atoms with van der Waals surface area (Å²) in [6.07, 6.45) is 8.71. The molecule has 0 unspecified atom stereocenters. The minimum Gasteiger partial charge on any atom is -0.370 e. The Morgan fingerprint density at radius 3 is 2.42 bits per heavy atom. The van der Waals surface area contributed by atoms with Gasteiger partial charge in [0.05, 0.1) is 11.9 Å². The van der Waals surface area contributed by atoms with Crippen molar-refractivity contribution in [3.05, 3.63) is 54.2 Å². The van der Waals surface area contributed by atoms with Crippen LogP contribution in [0.3, 0.4) is 0 Å². The van der Waals surface area contributed by atoms with E-state index >= 15 is 0 Å². The number of benzene rings is 1. The van der Waals surface area contributed by atoms with Gasteiger partial charge in [-0.25, -0.2) is 4.98 Å². The first-order valence-electron chi connectivity index (χ1n) is 9.84. The molecule has 26 heavy (non-hydrogen) atoms. The van der Waals surface area contributed by atoms with Gasteiger partial charge in [-0.3, -0.25) is 4.79 Å². The van der Waals surface area contributed by atoms with Gasteiger partial charge < -0.3 is 10.2 Å². The minimum absolute atomic E-state index is 0.123. The van der Waals surface area contributed by atoms with Crippen molar-refractivity contribution in [2.24, 2.45) is 11.8 Å². The van der Waals surface area contributed by atoms with E-state index < -0.39 is 0 Å². The van der Waals surface area contributed by atoms with E-state index in [9.17, 15) is 4.79 Å². The fraction of sp³-hybridized carbons (Fsp3) is 0.455. The molecule has 1 saturated carbocycles. The standard InChI is InChI=1S/C22H27N3O/c26-22(19-7-4-8-19)24-21-10-9-20(16-23-21)25-13-11-18(12-14-25)15-17-5-2-1-3-6-17/h1-3,5-6,9-10,16,18-19H,4,7-8,11-15H2,(H,23,24,26). The highest BCUT2D eigenvalue weighted by atomic mass is 16.2. The summed E-state index contributed by atoms with van der Waals surface area (Å²) in [6.45, 7) is 2.15. The molecule has 2 aromatic rings. The van der Waals surface area contributed by atoms with Crippen LogP contribution in [0.2, 0.25) is 0 Å². The number of piperidine rings is 1. The van der Waals surface area contributed by atoms with E-state index in [1.807, 2.05) is 12.3 Å². The number of hydrogen-bond acceptors (Lipinski definition) is 3. The Morgan fingerprint density at radius 2 is 1.81 bits per heavy atom. The lowest BCUT2D eigenvalue weighted by atomic mass is 9.85. The summed E-state index contributed by atoms with van der Waals surface area (Å²) in [5.74, 6) is 1.76. The van der Waals surface area contributed by atoms with E-state index in [2.05, 4.69) is 51.6 Å². The van der Waals surface area contributed by atoms with Crippen LogP contribution >= 0.6 is 0 Å². The van der Waals surface area contributed by atoms with Crippen LogP contribution in [-0.2, 0) is 11.2 Å². The van der Waals surface area contributed by atoms with Crippen LogP contribution < -0.4 is 10.2 Å². The van der Waals surface area contributed by atoms with Crippen LogP contribution in [-0.4, -0.2) is 24.0 Å². The second kappa shape index (κ2) is 7.90. The molecule has 0 atom stereocenters. The van der Waals surface area contributed by atoms with Gasteiger partial charge in [0.15, 0.2) is 0 Å². The predicted octanol–water partition coefficient (Wildman–Crippen LogP) is 4.28. The van der Waals surface area contributed by atoms with Gasteiger partial charge in [-0.1, -0.05) is 36.8 Å². The molecule has 2 heterocycles. The summed E-state index contributed by atoms with van der Waals surface area (Å²) in [7, 11) is 0. The lowest BCUT2D eigenvalue weighted by Crippen LogP contribution is -2.34. The number of amides is 1. The van der Waals surface area contributed by atoms with Crippen molar-refractivity contribution in [1.29, 1.82) is 0 Å². The molecular formula is C22H27N3O. The maximum absolute atomic E-state index is 12.0. The second-order valence-electron chi connectivity index (χ2n) is 7.64. The summed E-state index contributed by atoms with van der Waals surface area (Å²) in [5, 5.41) is 2.94. The van der Waals surface area contributed by atoms with E-state index in [1.165, 1.54) is 31.2 Å². The first-order chi connectivity index (χ1) is 12.8. The van der Waals surface area contributed by atoms with E-state index in [0.717, 1.165) is 37.5 Å². The van der Waals surface area contributed by atoms with Crippen LogP contribution in [0.15, 0.2) is 48.7 Å². The largest absolute Gasteiger partial charge is 0.370 e. The second-order valence-corrected chi connectivity index (χ2v) is 7.64. The third kappa shape index (κ3) is 4.06. The van der Waals surface area contributed by atoms with Crippen molar-refractivity contribution in [3.63, 3.8) is 0 Å². The Bertz CT molecular complexity index is 717. The molecule has 0 spiro atoms. The fourth-order valence-electron chi connectivity index (χ4n) is 3.89. The number of anilines is 2. The number of nitrogens with zero attached hydrogens (tertiary/aromatic N) is 2.